The fourth-order valence-electron chi connectivity index (χ4n) is 2.36. The number of β-amino-alcohol motifs (C(OH)–C–C–N with tert-alkyl or cyclic N) is 1. The van der Waals surface area contributed by atoms with Crippen LogP contribution >= 0.6 is 0 Å². The zero-order chi connectivity index (χ0) is 14.1. The van der Waals surface area contributed by atoms with Crippen molar-refractivity contribution >= 4 is 5.82 Å². The number of anilines is 1. The summed E-state index contributed by atoms with van der Waals surface area (Å²) in [5, 5.41) is 18.7. The Hall–Kier alpha value is -2.45. The number of nitriles is 1. The number of aromatic nitrogens is 2. The molecule has 1 aliphatic rings. The Morgan fingerprint density at radius 1 is 1.40 bits per heavy atom. The molecular weight excluding hydrogens is 252 g/mol. The van der Waals surface area contributed by atoms with Crippen LogP contribution in [-0.4, -0.2) is 34.3 Å². The Kier molecular flexibility index (Phi) is 3.09. The molecule has 0 aliphatic carbocycles. The molecule has 0 bridgehead atoms. The van der Waals surface area contributed by atoms with E-state index in [0.717, 1.165) is 16.8 Å². The van der Waals surface area contributed by atoms with Crippen molar-refractivity contribution in [2.24, 2.45) is 0 Å². The van der Waals surface area contributed by atoms with Gasteiger partial charge in [-0.15, -0.1) is 0 Å². The minimum Gasteiger partial charge on any atom is -0.389 e. The zero-order valence-corrected chi connectivity index (χ0v) is 11.1. The van der Waals surface area contributed by atoms with Crippen molar-refractivity contribution in [2.45, 2.75) is 13.0 Å². The van der Waals surface area contributed by atoms with Gasteiger partial charge in [0.05, 0.1) is 11.7 Å². The Morgan fingerprint density at radius 2 is 2.20 bits per heavy atom. The van der Waals surface area contributed by atoms with Crippen LogP contribution in [0.25, 0.3) is 11.1 Å². The highest BCUT2D eigenvalue weighted by molar-refractivity contribution is 5.70. The van der Waals surface area contributed by atoms with Gasteiger partial charge >= 0.3 is 0 Å². The van der Waals surface area contributed by atoms with E-state index in [1.54, 1.807) is 12.4 Å². The zero-order valence-electron chi connectivity index (χ0n) is 11.1. The number of aryl methyl sites for hydroxylation is 1. The molecule has 1 saturated heterocycles. The van der Waals surface area contributed by atoms with Crippen molar-refractivity contribution in [2.75, 3.05) is 18.0 Å². The number of hydrogen-bond donors (Lipinski definition) is 1. The van der Waals surface area contributed by atoms with Crippen molar-refractivity contribution in [3.63, 3.8) is 0 Å². The minimum atomic E-state index is -0.316. The van der Waals surface area contributed by atoms with Crippen molar-refractivity contribution in [3.8, 4) is 17.2 Å². The largest absolute Gasteiger partial charge is 0.389 e. The van der Waals surface area contributed by atoms with Gasteiger partial charge in [0.1, 0.15) is 11.9 Å². The lowest BCUT2D eigenvalue weighted by Gasteiger charge is -2.37. The van der Waals surface area contributed by atoms with Crippen LogP contribution in [0.4, 0.5) is 5.82 Å². The van der Waals surface area contributed by atoms with Crippen molar-refractivity contribution in [3.05, 3.63) is 41.9 Å². The van der Waals surface area contributed by atoms with Crippen LogP contribution in [0.2, 0.25) is 0 Å². The number of nitrogens with zero attached hydrogens (tertiary/aromatic N) is 4. The third kappa shape index (κ3) is 2.10. The van der Waals surface area contributed by atoms with Crippen LogP contribution in [0.5, 0.6) is 0 Å². The van der Waals surface area contributed by atoms with Crippen LogP contribution < -0.4 is 4.90 Å². The molecule has 2 aromatic heterocycles. The van der Waals surface area contributed by atoms with E-state index < -0.39 is 0 Å². The van der Waals surface area contributed by atoms with Gasteiger partial charge < -0.3 is 10.0 Å². The lowest BCUT2D eigenvalue weighted by atomic mass is 10.0. The first-order chi connectivity index (χ1) is 9.69. The maximum Gasteiger partial charge on any atom is 0.146 e. The fourth-order valence-corrected chi connectivity index (χ4v) is 2.36. The molecule has 0 amide bonds. The first kappa shape index (κ1) is 12.6. The topological polar surface area (TPSA) is 73.0 Å². The van der Waals surface area contributed by atoms with Crippen molar-refractivity contribution < 1.29 is 5.11 Å². The third-order valence-corrected chi connectivity index (χ3v) is 3.47. The molecule has 2 aromatic rings. The van der Waals surface area contributed by atoms with Gasteiger partial charge in [0.2, 0.25) is 0 Å². The quantitative estimate of drug-likeness (QED) is 0.891. The number of hydrogen-bond acceptors (Lipinski definition) is 5. The lowest BCUT2D eigenvalue weighted by molar-refractivity contribution is 0.141. The standard InChI is InChI=1S/C15H14N4O/c1-10-14(3-2-4-17-10)12-5-11(6-16)15(18-7-12)19-8-13(20)9-19/h2-5,7,13,20H,8-9H2,1H3. The maximum absolute atomic E-state index is 9.35. The number of aliphatic hydroxyl groups is 1. The third-order valence-electron chi connectivity index (χ3n) is 3.47. The molecule has 3 rings (SSSR count). The van der Waals surface area contributed by atoms with E-state index in [9.17, 15) is 10.4 Å². The molecule has 1 fully saturated rings. The molecule has 1 N–H and O–H groups in total. The van der Waals surface area contributed by atoms with E-state index in [0.29, 0.717) is 24.5 Å². The maximum atomic E-state index is 9.35. The van der Waals surface area contributed by atoms with Gasteiger partial charge in [-0.25, -0.2) is 4.98 Å². The molecule has 0 saturated carbocycles. The summed E-state index contributed by atoms with van der Waals surface area (Å²) in [7, 11) is 0. The Bertz CT molecular complexity index is 687. The summed E-state index contributed by atoms with van der Waals surface area (Å²) in [5.41, 5.74) is 3.30. The number of rotatable bonds is 2. The summed E-state index contributed by atoms with van der Waals surface area (Å²) >= 11 is 0. The van der Waals surface area contributed by atoms with Crippen LogP contribution in [0.1, 0.15) is 11.3 Å². The molecule has 0 spiro atoms. The van der Waals surface area contributed by atoms with Gasteiger partial charge in [0.25, 0.3) is 0 Å². The van der Waals surface area contributed by atoms with Gasteiger partial charge in [0.15, 0.2) is 0 Å². The summed E-state index contributed by atoms with van der Waals surface area (Å²) < 4.78 is 0. The van der Waals surface area contributed by atoms with Crippen molar-refractivity contribution in [1.82, 2.24) is 9.97 Å². The summed E-state index contributed by atoms with van der Waals surface area (Å²) in [5.74, 6) is 0.642. The summed E-state index contributed by atoms with van der Waals surface area (Å²) in [6.45, 7) is 3.00. The van der Waals surface area contributed by atoms with Crippen LogP contribution in [0.3, 0.4) is 0 Å². The smallest absolute Gasteiger partial charge is 0.146 e. The highest BCUT2D eigenvalue weighted by atomic mass is 16.3. The Morgan fingerprint density at radius 3 is 2.85 bits per heavy atom. The molecule has 5 nitrogen and oxygen atoms in total. The second kappa shape index (κ2) is 4.91. The second-order valence-corrected chi connectivity index (χ2v) is 4.90. The molecule has 20 heavy (non-hydrogen) atoms. The summed E-state index contributed by atoms with van der Waals surface area (Å²) in [6.07, 6.45) is 3.18. The monoisotopic (exact) mass is 266 g/mol. The molecule has 1 aliphatic heterocycles. The van der Waals surface area contributed by atoms with Gasteiger partial charge in [-0.1, -0.05) is 6.07 Å². The average Bonchev–Trinajstić information content (AvgIpc) is 2.44. The highest BCUT2D eigenvalue weighted by Crippen LogP contribution is 2.28. The van der Waals surface area contributed by atoms with E-state index in [1.807, 2.05) is 30.0 Å². The number of aliphatic hydroxyl groups excluding tert-OH is 1. The molecule has 5 heteroatoms. The average molecular weight is 266 g/mol. The molecular formula is C15H14N4O. The number of pyridine rings is 2. The van der Waals surface area contributed by atoms with E-state index in [4.69, 9.17) is 0 Å². The SMILES string of the molecule is Cc1ncccc1-c1cnc(N2CC(O)C2)c(C#N)c1. The molecule has 0 atom stereocenters. The van der Waals surface area contributed by atoms with E-state index >= 15 is 0 Å². The molecule has 3 heterocycles. The van der Waals surface area contributed by atoms with Gasteiger partial charge in [0, 0.05) is 42.3 Å². The fraction of sp³-hybridized carbons (Fsp3) is 0.267. The predicted molar refractivity (Wildman–Crippen MR) is 75.1 cm³/mol. The van der Waals surface area contributed by atoms with Crippen LogP contribution in [-0.2, 0) is 0 Å². The van der Waals surface area contributed by atoms with E-state index in [1.165, 1.54) is 0 Å². The Balaban J connectivity index is 2.00. The van der Waals surface area contributed by atoms with E-state index in [2.05, 4.69) is 16.0 Å². The lowest BCUT2D eigenvalue weighted by Crippen LogP contribution is -2.51. The molecule has 0 unspecified atom stereocenters. The molecule has 100 valence electrons. The first-order valence-corrected chi connectivity index (χ1v) is 6.44. The molecule has 0 aromatic carbocycles. The van der Waals surface area contributed by atoms with Crippen LogP contribution in [0.15, 0.2) is 30.6 Å². The molecule has 0 radical (unpaired) electrons. The summed E-state index contributed by atoms with van der Waals surface area (Å²) in [4.78, 5) is 10.5. The summed E-state index contributed by atoms with van der Waals surface area (Å²) in [6, 6.07) is 7.85. The highest BCUT2D eigenvalue weighted by Gasteiger charge is 2.27. The minimum absolute atomic E-state index is 0.316. The van der Waals surface area contributed by atoms with Gasteiger partial charge in [-0.2, -0.15) is 5.26 Å². The van der Waals surface area contributed by atoms with Crippen LogP contribution in [0, 0.1) is 18.3 Å². The second-order valence-electron chi connectivity index (χ2n) is 4.90. The predicted octanol–water partition coefficient (Wildman–Crippen LogP) is 1.50. The first-order valence-electron chi connectivity index (χ1n) is 6.44. The van der Waals surface area contributed by atoms with Gasteiger partial charge in [-0.3, -0.25) is 4.98 Å². The van der Waals surface area contributed by atoms with Gasteiger partial charge in [-0.05, 0) is 19.1 Å². The van der Waals surface area contributed by atoms with E-state index in [-0.39, 0.29) is 6.10 Å². The normalized spacial score (nSPS) is 14.8. The van der Waals surface area contributed by atoms with Crippen molar-refractivity contribution in [1.29, 1.82) is 5.26 Å². The Labute approximate surface area is 117 Å².